The lowest BCUT2D eigenvalue weighted by Gasteiger charge is -2.26. The highest BCUT2D eigenvalue weighted by Crippen LogP contribution is 2.08. The molecule has 0 radical (unpaired) electrons. The summed E-state index contributed by atoms with van der Waals surface area (Å²) in [7, 11) is 0. The van der Waals surface area contributed by atoms with Crippen LogP contribution in [0.15, 0.2) is 0 Å². The van der Waals surface area contributed by atoms with Gasteiger partial charge in [0.15, 0.2) is 12.1 Å². The molecular weight excluding hydrogens is 208 g/mol. The van der Waals surface area contributed by atoms with E-state index >= 15 is 0 Å². The third-order valence-corrected chi connectivity index (χ3v) is 1.84. The molecule has 0 rings (SSSR count). The Balaban J connectivity index is 4.53. The second-order valence-electron chi connectivity index (χ2n) is 3.01. The number of Topliss-reactive ketones (excluding diaryl/α,β-unsaturated/α-hetero) is 1. The van der Waals surface area contributed by atoms with Gasteiger partial charge in [0.05, 0.1) is 0 Å². The van der Waals surface area contributed by atoms with E-state index in [1.807, 2.05) is 0 Å². The van der Waals surface area contributed by atoms with Crippen LogP contribution in [0.4, 0.5) is 0 Å². The normalized spacial score (nSPS) is 22.1. The maximum atomic E-state index is 10.8. The van der Waals surface area contributed by atoms with Crippen molar-refractivity contribution in [2.45, 2.75) is 37.4 Å². The Morgan fingerprint density at radius 2 is 1.67 bits per heavy atom. The fourth-order valence-corrected chi connectivity index (χ4v) is 0.862. The van der Waals surface area contributed by atoms with E-state index in [-0.39, 0.29) is 6.29 Å². The molecule has 0 fully saturated rings. The lowest BCUT2D eigenvalue weighted by Crippen LogP contribution is -2.51. The number of ketones is 1. The highest BCUT2D eigenvalue weighted by molar-refractivity contribution is 5.80. The van der Waals surface area contributed by atoms with Gasteiger partial charge in [-0.25, -0.2) is 0 Å². The van der Waals surface area contributed by atoms with E-state index in [0.29, 0.717) is 0 Å². The molecule has 88 valence electrons. The van der Waals surface area contributed by atoms with Crippen LogP contribution in [-0.2, 0) is 9.59 Å². The Labute approximate surface area is 87.0 Å². The summed E-state index contributed by atoms with van der Waals surface area (Å²) in [4.78, 5) is 20.9. The molecule has 7 nitrogen and oxygen atoms in total. The molecule has 5 atom stereocenters. The number of carbonyl (C=O) groups is 2. The summed E-state index contributed by atoms with van der Waals surface area (Å²) in [5.74, 6) is -1.06. The van der Waals surface area contributed by atoms with Crippen LogP contribution < -0.4 is 0 Å². The molecule has 0 saturated carbocycles. The van der Waals surface area contributed by atoms with E-state index in [9.17, 15) is 19.8 Å². The van der Waals surface area contributed by atoms with Gasteiger partial charge in [-0.15, -0.1) is 0 Å². The molecule has 0 bridgehead atoms. The van der Waals surface area contributed by atoms with Gasteiger partial charge < -0.3 is 30.3 Å². The Morgan fingerprint density at radius 1 is 1.13 bits per heavy atom. The number of rotatable bonds is 6. The SMILES string of the molecule is [2H]CC(=O)C(O)[C@@H](O)[C@@H](O)[C@H](O)[C@H](O)C=O. The lowest BCUT2D eigenvalue weighted by molar-refractivity contribution is -0.153. The van der Waals surface area contributed by atoms with Gasteiger partial charge in [-0.3, -0.25) is 4.79 Å². The van der Waals surface area contributed by atoms with Crippen molar-refractivity contribution in [3.05, 3.63) is 0 Å². The van der Waals surface area contributed by atoms with E-state index < -0.39 is 43.2 Å². The first kappa shape index (κ1) is 12.2. The Hall–Kier alpha value is -0.860. The maximum Gasteiger partial charge on any atom is 0.160 e. The number of aliphatic hydroxyl groups excluding tert-OH is 5. The number of hydrogen-bond donors (Lipinski definition) is 5. The van der Waals surface area contributed by atoms with Crippen molar-refractivity contribution in [3.63, 3.8) is 0 Å². The smallest absolute Gasteiger partial charge is 0.160 e. The summed E-state index contributed by atoms with van der Waals surface area (Å²) >= 11 is 0. The molecular formula is C8H14O7. The van der Waals surface area contributed by atoms with Gasteiger partial charge >= 0.3 is 0 Å². The summed E-state index contributed by atoms with van der Waals surface area (Å²) in [5.41, 5.74) is 0. The molecule has 15 heavy (non-hydrogen) atoms. The Kier molecular flexibility index (Phi) is 4.79. The predicted molar refractivity (Wildman–Crippen MR) is 46.8 cm³/mol. The first-order chi connectivity index (χ1) is 7.36. The number of aldehydes is 1. The zero-order chi connectivity index (χ0) is 12.9. The molecule has 5 N–H and O–H groups in total. The minimum absolute atomic E-state index is 0.0701. The van der Waals surface area contributed by atoms with Gasteiger partial charge in [-0.05, 0) is 6.90 Å². The van der Waals surface area contributed by atoms with Crippen molar-refractivity contribution in [2.75, 3.05) is 0 Å². The average Bonchev–Trinajstić information content (AvgIpc) is 2.32. The third kappa shape index (κ3) is 3.65. The average molecular weight is 223 g/mol. The minimum atomic E-state index is -2.08. The van der Waals surface area contributed by atoms with Crippen molar-refractivity contribution < 1.29 is 36.5 Å². The molecule has 0 aliphatic rings. The predicted octanol–water partition coefficient (Wildman–Crippen LogP) is -3.42. The van der Waals surface area contributed by atoms with Crippen LogP contribution in [0.2, 0.25) is 0 Å². The first-order valence-corrected chi connectivity index (χ1v) is 4.04. The van der Waals surface area contributed by atoms with Crippen LogP contribution in [0, 0.1) is 0 Å². The van der Waals surface area contributed by atoms with Gasteiger partial charge in [0.1, 0.15) is 30.5 Å². The topological polar surface area (TPSA) is 135 Å². The van der Waals surface area contributed by atoms with Crippen LogP contribution in [0.5, 0.6) is 0 Å². The molecule has 0 aromatic carbocycles. The van der Waals surface area contributed by atoms with E-state index in [2.05, 4.69) is 0 Å². The maximum absolute atomic E-state index is 10.8. The fourth-order valence-electron chi connectivity index (χ4n) is 0.862. The largest absolute Gasteiger partial charge is 0.387 e. The van der Waals surface area contributed by atoms with Gasteiger partial charge in [0, 0.05) is 1.37 Å². The highest BCUT2D eigenvalue weighted by atomic mass is 16.4. The van der Waals surface area contributed by atoms with E-state index in [0.717, 1.165) is 0 Å². The van der Waals surface area contributed by atoms with Crippen LogP contribution in [0.1, 0.15) is 8.27 Å². The molecule has 0 amide bonds. The summed E-state index contributed by atoms with van der Waals surface area (Å²) in [5, 5.41) is 45.5. The van der Waals surface area contributed by atoms with Crippen LogP contribution in [0.25, 0.3) is 0 Å². The monoisotopic (exact) mass is 223 g/mol. The van der Waals surface area contributed by atoms with Gasteiger partial charge in [-0.2, -0.15) is 0 Å². The number of carbonyl (C=O) groups excluding carboxylic acids is 2. The van der Waals surface area contributed by atoms with Crippen molar-refractivity contribution in [3.8, 4) is 0 Å². The molecule has 0 heterocycles. The molecule has 0 aliphatic carbocycles. The zero-order valence-corrected chi connectivity index (χ0v) is 7.72. The van der Waals surface area contributed by atoms with E-state index in [4.69, 9.17) is 16.7 Å². The molecule has 0 aliphatic heterocycles. The lowest BCUT2D eigenvalue weighted by atomic mass is 9.98. The van der Waals surface area contributed by atoms with Crippen molar-refractivity contribution in [1.29, 1.82) is 0 Å². The first-order valence-electron chi connectivity index (χ1n) is 4.75. The van der Waals surface area contributed by atoms with E-state index in [1.165, 1.54) is 0 Å². The second-order valence-corrected chi connectivity index (χ2v) is 3.01. The zero-order valence-electron chi connectivity index (χ0n) is 8.72. The highest BCUT2D eigenvalue weighted by Gasteiger charge is 2.35. The fraction of sp³-hybridized carbons (Fsp3) is 0.750. The molecule has 0 aromatic rings. The van der Waals surface area contributed by atoms with Crippen LogP contribution >= 0.6 is 0 Å². The molecule has 7 heteroatoms. The van der Waals surface area contributed by atoms with Crippen molar-refractivity contribution >= 4 is 12.1 Å². The molecule has 0 spiro atoms. The Morgan fingerprint density at radius 3 is 2.07 bits per heavy atom. The molecule has 1 unspecified atom stereocenters. The number of hydrogen-bond acceptors (Lipinski definition) is 7. The summed E-state index contributed by atoms with van der Waals surface area (Å²) < 4.78 is 6.63. The Bertz CT molecular complexity index is 247. The van der Waals surface area contributed by atoms with E-state index in [1.54, 1.807) is 0 Å². The second kappa shape index (κ2) is 5.89. The van der Waals surface area contributed by atoms with Crippen molar-refractivity contribution in [1.82, 2.24) is 0 Å². The van der Waals surface area contributed by atoms with Gasteiger partial charge in [0.25, 0.3) is 0 Å². The summed E-state index contributed by atoms with van der Waals surface area (Å²) in [6.45, 7) is -0.808. The van der Waals surface area contributed by atoms with Crippen molar-refractivity contribution in [2.24, 2.45) is 0 Å². The minimum Gasteiger partial charge on any atom is -0.387 e. The third-order valence-electron chi connectivity index (χ3n) is 1.84. The van der Waals surface area contributed by atoms with Crippen LogP contribution in [-0.4, -0.2) is 68.1 Å². The summed E-state index contributed by atoms with van der Waals surface area (Å²) in [6, 6.07) is 0. The number of aliphatic hydroxyl groups is 5. The quantitative estimate of drug-likeness (QED) is 0.296. The van der Waals surface area contributed by atoms with Crippen LogP contribution in [0.3, 0.4) is 0 Å². The molecule has 0 aromatic heterocycles. The standard InChI is InChI=1S/C8H14O7/c1-3(10)5(12)7(14)8(15)6(13)4(11)2-9/h2,4-8,11-15H,1H3/t4-,5?,6-,7-,8+/m1/s1/i1D. The summed E-state index contributed by atoms with van der Waals surface area (Å²) in [6.07, 6.45) is -10.3. The van der Waals surface area contributed by atoms with Gasteiger partial charge in [-0.1, -0.05) is 0 Å². The molecule has 0 saturated heterocycles. The van der Waals surface area contributed by atoms with Gasteiger partial charge in [0.2, 0.25) is 0 Å².